The molecule has 5 atom stereocenters. The summed E-state index contributed by atoms with van der Waals surface area (Å²) in [5.41, 5.74) is 0. The minimum atomic E-state index is -0.513. The van der Waals surface area contributed by atoms with E-state index in [-0.39, 0.29) is 17.9 Å². The number of aliphatic hydroxyl groups is 3. The van der Waals surface area contributed by atoms with Crippen LogP contribution in [0.25, 0.3) is 0 Å². The van der Waals surface area contributed by atoms with Crippen molar-refractivity contribution in [3.8, 4) is 0 Å². The maximum Gasteiger partial charge on any atom is 0.243 e. The second kappa shape index (κ2) is 49.0. The van der Waals surface area contributed by atoms with Crippen LogP contribution in [0.4, 0.5) is 0 Å². The predicted octanol–water partition coefficient (Wildman–Crippen LogP) is 14.5. The fourth-order valence-corrected chi connectivity index (χ4v) is 10.5. The molecule has 9 nitrogen and oxygen atoms in total. The summed E-state index contributed by atoms with van der Waals surface area (Å²) in [6, 6.07) is -1.00. The van der Waals surface area contributed by atoms with Crippen LogP contribution in [0.5, 0.6) is 0 Å². The first-order valence-corrected chi connectivity index (χ1v) is 30.8. The van der Waals surface area contributed by atoms with Gasteiger partial charge < -0.3 is 30.9 Å². The van der Waals surface area contributed by atoms with Gasteiger partial charge in [-0.15, -0.1) is 0 Å². The van der Waals surface area contributed by atoms with E-state index in [0.717, 1.165) is 90.4 Å². The highest BCUT2D eigenvalue weighted by atomic mass is 16.3. The maximum atomic E-state index is 13.3. The van der Waals surface area contributed by atoms with Crippen LogP contribution < -0.4 is 10.6 Å². The van der Waals surface area contributed by atoms with Crippen molar-refractivity contribution in [2.45, 2.75) is 334 Å². The average Bonchev–Trinajstić information content (AvgIpc) is 3.33. The molecule has 1 saturated heterocycles. The maximum absolute atomic E-state index is 13.3. The fraction of sp³-hybridized carbons (Fsp3) is 0.967. The van der Waals surface area contributed by atoms with E-state index in [0.29, 0.717) is 25.9 Å². The van der Waals surface area contributed by atoms with Gasteiger partial charge in [0.2, 0.25) is 11.8 Å². The summed E-state index contributed by atoms with van der Waals surface area (Å²) in [6.07, 6.45) is 49.5. The number of nitrogens with one attached hydrogen (secondary N) is 2. The highest BCUT2D eigenvalue weighted by Crippen LogP contribution is 2.18. The van der Waals surface area contributed by atoms with Gasteiger partial charge in [0.15, 0.2) is 0 Å². The number of carbonyl (C=O) groups excluding carboxylic acids is 2. The minimum absolute atomic E-state index is 0.0719. The first-order valence-electron chi connectivity index (χ1n) is 30.8. The molecule has 0 saturated carbocycles. The molecule has 69 heavy (non-hydrogen) atoms. The molecule has 1 fully saturated rings. The molecular formula is C60H120N4O5. The van der Waals surface area contributed by atoms with Crippen molar-refractivity contribution < 1.29 is 24.9 Å². The number of unbranched alkanes of at least 4 members (excludes halogenated alkanes) is 32. The number of hydrogen-bond acceptors (Lipinski definition) is 7. The Balaban J connectivity index is 2.56. The first kappa shape index (κ1) is 65.8. The Bertz CT molecular complexity index is 1090. The molecule has 0 aliphatic carbocycles. The van der Waals surface area contributed by atoms with Gasteiger partial charge in [-0.25, -0.2) is 0 Å². The molecule has 1 aliphatic rings. The average molecular weight is 978 g/mol. The Morgan fingerprint density at radius 2 is 0.565 bits per heavy atom. The van der Waals surface area contributed by atoms with Gasteiger partial charge in [-0.3, -0.25) is 14.5 Å². The number of carbonyl (C=O) groups is 2. The third kappa shape index (κ3) is 40.9. The van der Waals surface area contributed by atoms with Gasteiger partial charge in [0, 0.05) is 19.6 Å². The number of amides is 2. The number of piperazine rings is 1. The van der Waals surface area contributed by atoms with Crippen molar-refractivity contribution in [3.05, 3.63) is 0 Å². The van der Waals surface area contributed by atoms with Gasteiger partial charge in [-0.05, 0) is 83.8 Å². The molecule has 0 radical (unpaired) electrons. The predicted molar refractivity (Wildman–Crippen MR) is 296 cm³/mol. The molecule has 2 amide bonds. The molecular weight excluding hydrogens is 857 g/mol. The summed E-state index contributed by atoms with van der Waals surface area (Å²) < 4.78 is 0. The van der Waals surface area contributed by atoms with E-state index < -0.39 is 24.3 Å². The summed E-state index contributed by atoms with van der Waals surface area (Å²) in [5.74, 6) is -0.151. The molecule has 410 valence electrons. The zero-order valence-corrected chi connectivity index (χ0v) is 46.6. The minimum Gasteiger partial charge on any atom is -0.392 e. The summed E-state index contributed by atoms with van der Waals surface area (Å²) in [4.78, 5) is 31.3. The van der Waals surface area contributed by atoms with Crippen molar-refractivity contribution in [2.75, 3.05) is 39.3 Å². The van der Waals surface area contributed by atoms with Crippen molar-refractivity contribution in [3.63, 3.8) is 0 Å². The molecule has 0 bridgehead atoms. The van der Waals surface area contributed by atoms with Crippen LogP contribution in [0.3, 0.4) is 0 Å². The molecule has 5 N–H and O–H groups in total. The number of nitrogens with zero attached hydrogens (tertiary/aromatic N) is 2. The summed E-state index contributed by atoms with van der Waals surface area (Å²) in [6.45, 7) is 13.6. The molecule has 1 heterocycles. The Morgan fingerprint density at radius 3 is 0.870 bits per heavy atom. The molecule has 0 spiro atoms. The number of aliphatic hydroxyl groups excluding tert-OH is 3. The summed E-state index contributed by atoms with van der Waals surface area (Å²) >= 11 is 0. The van der Waals surface area contributed by atoms with E-state index in [4.69, 9.17) is 0 Å². The SMILES string of the molecule is CCCCCCCCCCCCN(CCCC[C@H]1NC(=O)[C@@H](CCCCN(C[C@H](O)CCCCCCCCCC)C[C@@H](O)CCCCCCCCCC)NC1=O)C[C@@H](O)CCCCCCCCCC. The molecule has 1 rings (SSSR count). The fourth-order valence-electron chi connectivity index (χ4n) is 10.5. The normalized spacial score (nSPS) is 16.7. The summed E-state index contributed by atoms with van der Waals surface area (Å²) in [7, 11) is 0. The van der Waals surface area contributed by atoms with E-state index in [1.807, 2.05) is 0 Å². The van der Waals surface area contributed by atoms with Crippen LogP contribution in [-0.4, -0.2) is 107 Å². The smallest absolute Gasteiger partial charge is 0.243 e. The van der Waals surface area contributed by atoms with Gasteiger partial charge in [0.05, 0.1) is 18.3 Å². The molecule has 0 aromatic heterocycles. The molecule has 0 aromatic carbocycles. The number of rotatable bonds is 54. The second-order valence-electron chi connectivity index (χ2n) is 22.1. The standard InChI is InChI=1S/C60H120N4O5/c1-5-9-13-17-21-25-26-30-34-40-48-63(51-54(65)43-35-31-27-22-18-14-10-6-2)49-41-38-46-57-59(68)62-58(60(69)61-57)47-39-42-50-64(52-55(66)44-36-32-28-23-19-15-11-7-3)53-56(67)45-37-33-29-24-20-16-12-8-4/h54-58,65-67H,5-53H2,1-4H3,(H,61,69)(H,62,68)/t54-,55-,56+,57+,58+/m0/s1. The molecule has 1 aliphatic heterocycles. The third-order valence-corrected chi connectivity index (χ3v) is 15.1. The zero-order chi connectivity index (χ0) is 50.3. The van der Waals surface area contributed by atoms with Crippen LogP contribution in [0.15, 0.2) is 0 Å². The van der Waals surface area contributed by atoms with Gasteiger partial charge in [-0.2, -0.15) is 0 Å². The van der Waals surface area contributed by atoms with Crippen molar-refractivity contribution >= 4 is 11.8 Å². The van der Waals surface area contributed by atoms with E-state index in [1.54, 1.807) is 0 Å². The van der Waals surface area contributed by atoms with Gasteiger partial charge in [0.25, 0.3) is 0 Å². The monoisotopic (exact) mass is 977 g/mol. The lowest BCUT2D eigenvalue weighted by atomic mass is 10.0. The third-order valence-electron chi connectivity index (χ3n) is 15.1. The van der Waals surface area contributed by atoms with Crippen molar-refractivity contribution in [1.82, 2.24) is 20.4 Å². The van der Waals surface area contributed by atoms with Crippen molar-refractivity contribution in [2.24, 2.45) is 0 Å². The first-order chi connectivity index (χ1) is 33.7. The lowest BCUT2D eigenvalue weighted by molar-refractivity contribution is -0.137. The van der Waals surface area contributed by atoms with Gasteiger partial charge in [-0.1, -0.05) is 240 Å². The lowest BCUT2D eigenvalue weighted by Gasteiger charge is -2.30. The van der Waals surface area contributed by atoms with E-state index in [9.17, 15) is 24.9 Å². The Kier molecular flexibility index (Phi) is 46.7. The molecule has 0 unspecified atom stereocenters. The van der Waals surface area contributed by atoms with Crippen LogP contribution in [0.1, 0.15) is 304 Å². The number of hydrogen-bond donors (Lipinski definition) is 5. The zero-order valence-electron chi connectivity index (χ0n) is 46.6. The van der Waals surface area contributed by atoms with Gasteiger partial charge >= 0.3 is 0 Å². The van der Waals surface area contributed by atoms with E-state index in [1.165, 1.54) is 199 Å². The van der Waals surface area contributed by atoms with Crippen LogP contribution in [0.2, 0.25) is 0 Å². The van der Waals surface area contributed by atoms with E-state index in [2.05, 4.69) is 48.1 Å². The Labute approximate surface area is 429 Å². The topological polar surface area (TPSA) is 125 Å². The highest BCUT2D eigenvalue weighted by molar-refractivity contribution is 5.96. The largest absolute Gasteiger partial charge is 0.392 e. The molecule has 0 aromatic rings. The Hall–Kier alpha value is -1.26. The Morgan fingerprint density at radius 1 is 0.333 bits per heavy atom. The van der Waals surface area contributed by atoms with Crippen LogP contribution in [0, 0.1) is 0 Å². The second-order valence-corrected chi connectivity index (χ2v) is 22.1. The lowest BCUT2D eigenvalue weighted by Crippen LogP contribution is -2.61. The summed E-state index contributed by atoms with van der Waals surface area (Å²) in [5, 5.41) is 39.3. The molecule has 9 heteroatoms. The van der Waals surface area contributed by atoms with Crippen LogP contribution in [-0.2, 0) is 9.59 Å². The van der Waals surface area contributed by atoms with Crippen LogP contribution >= 0.6 is 0 Å². The van der Waals surface area contributed by atoms with E-state index >= 15 is 0 Å². The van der Waals surface area contributed by atoms with Gasteiger partial charge in [0.1, 0.15) is 12.1 Å². The van der Waals surface area contributed by atoms with Crippen molar-refractivity contribution in [1.29, 1.82) is 0 Å². The quantitative estimate of drug-likeness (QED) is 0.0384. The highest BCUT2D eigenvalue weighted by Gasteiger charge is 2.33.